The average molecular weight is 521 g/mol. The number of hydrogen-bond acceptors (Lipinski definition) is 8. The minimum Gasteiger partial charge on any atom is -0.410 e. The third kappa shape index (κ3) is 4.78. The molecule has 1 aliphatic heterocycles. The zero-order valence-electron chi connectivity index (χ0n) is 20.3. The van der Waals surface area contributed by atoms with Crippen molar-refractivity contribution in [1.82, 2.24) is 9.97 Å². The van der Waals surface area contributed by atoms with Crippen LogP contribution in [0, 0.1) is 0 Å². The van der Waals surface area contributed by atoms with Gasteiger partial charge in [-0.1, -0.05) is 18.2 Å². The molecule has 1 N–H and O–H groups in total. The lowest BCUT2D eigenvalue weighted by atomic mass is 10.1. The van der Waals surface area contributed by atoms with E-state index in [0.717, 1.165) is 18.4 Å². The van der Waals surface area contributed by atoms with Gasteiger partial charge in [0.15, 0.2) is 15.7 Å². The topological polar surface area (TPSA) is 111 Å². The number of carbonyl (C=O) groups excluding carboxylic acids is 1. The van der Waals surface area contributed by atoms with Gasteiger partial charge in [0.05, 0.1) is 24.2 Å². The monoisotopic (exact) mass is 520 g/mol. The number of amides is 1. The number of carbonyl (C=O) groups is 1. The lowest BCUT2D eigenvalue weighted by Crippen LogP contribution is -2.37. The summed E-state index contributed by atoms with van der Waals surface area (Å²) in [6, 6.07) is 17.8. The Kier molecular flexibility index (Phi) is 6.08. The van der Waals surface area contributed by atoms with Crippen LogP contribution in [-0.4, -0.2) is 56.0 Å². The van der Waals surface area contributed by atoms with Gasteiger partial charge in [0.25, 0.3) is 0 Å². The maximum Gasteiger partial charge on any atom is 0.417 e. The van der Waals surface area contributed by atoms with E-state index >= 15 is 0 Å². The number of ether oxygens (including phenoxy) is 2. The maximum atomic E-state index is 13.3. The normalized spacial score (nSPS) is 18.8. The highest BCUT2D eigenvalue weighted by atomic mass is 32.2. The van der Waals surface area contributed by atoms with E-state index in [1.165, 1.54) is 0 Å². The first-order valence-electron chi connectivity index (χ1n) is 12.5. The van der Waals surface area contributed by atoms with E-state index in [1.54, 1.807) is 36.4 Å². The minimum absolute atomic E-state index is 0.249. The molecule has 2 aromatic carbocycles. The smallest absolute Gasteiger partial charge is 0.410 e. The number of rotatable bonds is 7. The van der Waals surface area contributed by atoms with Crippen molar-refractivity contribution >= 4 is 27.4 Å². The molecule has 192 valence electrons. The summed E-state index contributed by atoms with van der Waals surface area (Å²) in [4.78, 5) is 24.0. The SMILES string of the molecule is O=C(Nc1ccc(-c2nc(N3CCOCC3)cc(C3(S(=O)(=O)C4CC4)CC3)n2)cc1)Oc1ccccc1. The number of morpholine rings is 1. The van der Waals surface area contributed by atoms with E-state index in [1.807, 2.05) is 24.3 Å². The third-order valence-corrected chi connectivity index (χ3v) is 10.1. The number of para-hydroxylation sites is 1. The molecule has 3 aromatic rings. The van der Waals surface area contributed by atoms with Crippen LogP contribution in [0.2, 0.25) is 0 Å². The van der Waals surface area contributed by atoms with E-state index in [9.17, 15) is 13.2 Å². The molecule has 3 aliphatic rings. The number of nitrogens with one attached hydrogen (secondary N) is 1. The molecule has 0 radical (unpaired) electrons. The first kappa shape index (κ1) is 23.9. The number of aromatic nitrogens is 2. The van der Waals surface area contributed by atoms with Crippen LogP contribution in [0.25, 0.3) is 11.4 Å². The Bertz CT molecular complexity index is 1400. The molecule has 1 amide bonds. The van der Waals surface area contributed by atoms with Crippen molar-refractivity contribution in [1.29, 1.82) is 0 Å². The van der Waals surface area contributed by atoms with E-state index in [2.05, 4.69) is 10.2 Å². The van der Waals surface area contributed by atoms with E-state index in [4.69, 9.17) is 19.4 Å². The molecule has 0 bridgehead atoms. The van der Waals surface area contributed by atoms with E-state index < -0.39 is 20.7 Å². The Balaban J connectivity index is 1.28. The molecular weight excluding hydrogens is 492 g/mol. The molecular formula is C27H28N4O5S. The fourth-order valence-electron chi connectivity index (χ4n) is 4.69. The van der Waals surface area contributed by atoms with Gasteiger partial charge in [-0.3, -0.25) is 5.32 Å². The second-order valence-corrected chi connectivity index (χ2v) is 12.2. The maximum absolute atomic E-state index is 13.3. The zero-order chi connectivity index (χ0) is 25.5. The number of anilines is 2. The zero-order valence-corrected chi connectivity index (χ0v) is 21.1. The van der Waals surface area contributed by atoms with Gasteiger partial charge in [0.2, 0.25) is 0 Å². The van der Waals surface area contributed by atoms with Gasteiger partial charge in [-0.15, -0.1) is 0 Å². The van der Waals surface area contributed by atoms with Crippen molar-refractivity contribution in [2.75, 3.05) is 36.5 Å². The Morgan fingerprint density at radius 1 is 1.00 bits per heavy atom. The highest BCUT2D eigenvalue weighted by molar-refractivity contribution is 7.93. The van der Waals surface area contributed by atoms with Gasteiger partial charge in [0, 0.05) is 30.4 Å². The lowest BCUT2D eigenvalue weighted by Gasteiger charge is -2.29. The fraction of sp³-hybridized carbons (Fsp3) is 0.370. The van der Waals surface area contributed by atoms with Crippen LogP contribution < -0.4 is 15.0 Å². The van der Waals surface area contributed by atoms with Crippen molar-refractivity contribution in [3.8, 4) is 17.1 Å². The average Bonchev–Trinajstić information content (AvgIpc) is 3.83. The van der Waals surface area contributed by atoms with Gasteiger partial charge >= 0.3 is 6.09 Å². The van der Waals surface area contributed by atoms with Crippen LogP contribution in [0.15, 0.2) is 60.7 Å². The first-order valence-corrected chi connectivity index (χ1v) is 14.1. The number of hydrogen-bond donors (Lipinski definition) is 1. The summed E-state index contributed by atoms with van der Waals surface area (Å²) in [6.45, 7) is 2.56. The molecule has 2 saturated carbocycles. The van der Waals surface area contributed by atoms with Crippen LogP contribution in [0.1, 0.15) is 31.4 Å². The van der Waals surface area contributed by atoms with Gasteiger partial charge in [-0.2, -0.15) is 0 Å². The van der Waals surface area contributed by atoms with Crippen LogP contribution in [0.4, 0.5) is 16.3 Å². The summed E-state index contributed by atoms with van der Waals surface area (Å²) in [5, 5.41) is 2.46. The number of benzene rings is 2. The Morgan fingerprint density at radius 3 is 2.35 bits per heavy atom. The third-order valence-electron chi connectivity index (χ3n) is 7.07. The second-order valence-electron chi connectivity index (χ2n) is 9.68. The first-order chi connectivity index (χ1) is 17.9. The summed E-state index contributed by atoms with van der Waals surface area (Å²) < 4.78 is 36.6. The number of nitrogens with zero attached hydrogens (tertiary/aromatic N) is 3. The number of sulfone groups is 1. The van der Waals surface area contributed by atoms with Gasteiger partial charge < -0.3 is 14.4 Å². The molecule has 1 aromatic heterocycles. The molecule has 0 atom stereocenters. The summed E-state index contributed by atoms with van der Waals surface area (Å²) in [6.07, 6.45) is 2.07. The second kappa shape index (κ2) is 9.42. The predicted octanol–water partition coefficient (Wildman–Crippen LogP) is 4.16. The summed E-state index contributed by atoms with van der Waals surface area (Å²) in [5.74, 6) is 1.64. The Hall–Kier alpha value is -3.50. The summed E-state index contributed by atoms with van der Waals surface area (Å²) in [5.41, 5.74) is 1.88. The molecule has 10 heteroatoms. The molecule has 37 heavy (non-hydrogen) atoms. The molecule has 1 saturated heterocycles. The quantitative estimate of drug-likeness (QED) is 0.495. The standard InChI is InChI=1S/C27H28N4O5S/c32-26(36-21-4-2-1-3-5-21)28-20-8-6-19(7-9-20)25-29-23(18-24(30-25)31-14-16-35-17-15-31)27(12-13-27)37(33,34)22-10-11-22/h1-9,18,22H,10-17H2,(H,28,32). The Morgan fingerprint density at radius 2 is 1.70 bits per heavy atom. The van der Waals surface area contributed by atoms with Crippen molar-refractivity contribution in [3.63, 3.8) is 0 Å². The molecule has 3 fully saturated rings. The Labute approximate surface area is 215 Å². The van der Waals surface area contributed by atoms with Crippen LogP contribution in [0.5, 0.6) is 5.75 Å². The highest BCUT2D eigenvalue weighted by Gasteiger charge is 2.61. The van der Waals surface area contributed by atoms with Crippen LogP contribution in [0.3, 0.4) is 0 Å². The van der Waals surface area contributed by atoms with Crippen LogP contribution >= 0.6 is 0 Å². The van der Waals surface area contributed by atoms with E-state index in [-0.39, 0.29) is 5.25 Å². The summed E-state index contributed by atoms with van der Waals surface area (Å²) in [7, 11) is -3.29. The minimum atomic E-state index is -3.29. The largest absolute Gasteiger partial charge is 0.417 e. The lowest BCUT2D eigenvalue weighted by molar-refractivity contribution is 0.122. The molecule has 2 aliphatic carbocycles. The molecule has 0 unspecified atom stereocenters. The molecule has 9 nitrogen and oxygen atoms in total. The predicted molar refractivity (Wildman–Crippen MR) is 139 cm³/mol. The van der Waals surface area contributed by atoms with Gasteiger partial charge in [-0.05, 0) is 62.1 Å². The van der Waals surface area contributed by atoms with Crippen molar-refractivity contribution in [3.05, 3.63) is 66.4 Å². The molecule has 2 heterocycles. The van der Waals surface area contributed by atoms with E-state index in [0.29, 0.717) is 67.9 Å². The van der Waals surface area contributed by atoms with Crippen molar-refractivity contribution < 1.29 is 22.7 Å². The van der Waals surface area contributed by atoms with Crippen LogP contribution in [-0.2, 0) is 19.3 Å². The summed E-state index contributed by atoms with van der Waals surface area (Å²) >= 11 is 0. The molecule has 6 rings (SSSR count). The van der Waals surface area contributed by atoms with Gasteiger partial charge in [0.1, 0.15) is 16.3 Å². The highest BCUT2D eigenvalue weighted by Crippen LogP contribution is 2.57. The van der Waals surface area contributed by atoms with Crippen molar-refractivity contribution in [2.24, 2.45) is 0 Å². The molecule has 0 spiro atoms. The van der Waals surface area contributed by atoms with Gasteiger partial charge in [-0.25, -0.2) is 23.2 Å². The van der Waals surface area contributed by atoms with Crippen molar-refractivity contribution in [2.45, 2.75) is 35.7 Å². The fourth-order valence-corrected chi connectivity index (χ4v) is 7.15.